The van der Waals surface area contributed by atoms with E-state index in [1.165, 1.54) is 4.90 Å². The largest absolute Gasteiger partial charge is 0.419 e. The Morgan fingerprint density at radius 3 is 2.41 bits per heavy atom. The fraction of sp³-hybridized carbons (Fsp3) is 0.333. The van der Waals surface area contributed by atoms with Crippen molar-refractivity contribution in [2.75, 3.05) is 11.9 Å². The summed E-state index contributed by atoms with van der Waals surface area (Å²) in [6.45, 7) is -0.416. The summed E-state index contributed by atoms with van der Waals surface area (Å²) in [6.07, 6.45) is -1.22. The predicted octanol–water partition coefficient (Wildman–Crippen LogP) is 4.65. The second-order valence-electron chi connectivity index (χ2n) is 8.32. The Bertz CT molecular complexity index is 1190. The minimum atomic E-state index is -4.91. The molecule has 4 rings (SSSR count). The van der Waals surface area contributed by atoms with Gasteiger partial charge in [-0.25, -0.2) is 4.39 Å². The number of hydrogen-bond donors (Lipinski definition) is 1. The molecule has 34 heavy (non-hydrogen) atoms. The maximum Gasteiger partial charge on any atom is 0.419 e. The molecule has 1 spiro atoms. The molecular formula is C24H20F4N4O2. The van der Waals surface area contributed by atoms with Gasteiger partial charge in [0.25, 0.3) is 5.91 Å². The average Bonchev–Trinajstić information content (AvgIpc) is 3.06. The van der Waals surface area contributed by atoms with Gasteiger partial charge in [-0.15, -0.1) is 0 Å². The highest BCUT2D eigenvalue weighted by atomic mass is 19.4. The van der Waals surface area contributed by atoms with Crippen LogP contribution in [0.5, 0.6) is 0 Å². The summed E-state index contributed by atoms with van der Waals surface area (Å²) < 4.78 is 52.5. The van der Waals surface area contributed by atoms with Gasteiger partial charge in [0.1, 0.15) is 23.7 Å². The van der Waals surface area contributed by atoms with E-state index in [1.807, 2.05) is 6.07 Å². The van der Waals surface area contributed by atoms with Gasteiger partial charge >= 0.3 is 6.18 Å². The molecule has 1 N–H and O–H groups in total. The maximum atomic E-state index is 13.6. The summed E-state index contributed by atoms with van der Waals surface area (Å²) >= 11 is 0. The van der Waals surface area contributed by atoms with Crippen LogP contribution in [0, 0.1) is 17.1 Å². The van der Waals surface area contributed by atoms with Crippen LogP contribution in [0.3, 0.4) is 0 Å². The number of hydrogen-bond acceptors (Lipinski definition) is 4. The van der Waals surface area contributed by atoms with Crippen LogP contribution in [-0.4, -0.2) is 34.6 Å². The number of amides is 2. The first-order chi connectivity index (χ1) is 16.1. The number of carbonyl (C=O) groups excluding carboxylic acids is 2. The van der Waals surface area contributed by atoms with Crippen molar-refractivity contribution in [1.82, 2.24) is 4.90 Å². The van der Waals surface area contributed by atoms with Gasteiger partial charge in [-0.1, -0.05) is 18.6 Å². The Labute approximate surface area is 192 Å². The van der Waals surface area contributed by atoms with Crippen molar-refractivity contribution < 1.29 is 27.2 Å². The summed E-state index contributed by atoms with van der Waals surface area (Å²) in [6, 6.07) is 10.6. The lowest BCUT2D eigenvalue weighted by molar-refractivity contribution is -0.140. The van der Waals surface area contributed by atoms with Crippen LogP contribution in [0.1, 0.15) is 48.8 Å². The topological polar surface area (TPSA) is 85.6 Å². The molecule has 0 saturated heterocycles. The third kappa shape index (κ3) is 4.51. The van der Waals surface area contributed by atoms with Crippen molar-refractivity contribution in [3.05, 3.63) is 65.0 Å². The van der Waals surface area contributed by atoms with Gasteiger partial charge in [-0.3, -0.25) is 14.6 Å². The summed E-state index contributed by atoms with van der Waals surface area (Å²) in [5.41, 5.74) is -1.49. The van der Waals surface area contributed by atoms with E-state index in [9.17, 15) is 27.2 Å². The molecule has 2 aromatic carbocycles. The van der Waals surface area contributed by atoms with Gasteiger partial charge < -0.3 is 10.2 Å². The normalized spacial score (nSPS) is 17.4. The number of nitriles is 1. The Morgan fingerprint density at radius 1 is 1.12 bits per heavy atom. The Morgan fingerprint density at radius 2 is 1.79 bits per heavy atom. The van der Waals surface area contributed by atoms with Crippen molar-refractivity contribution in [3.8, 4) is 6.07 Å². The van der Waals surface area contributed by atoms with Crippen molar-refractivity contribution >= 4 is 23.2 Å². The number of rotatable bonds is 4. The molecule has 1 saturated carbocycles. The first-order valence-electron chi connectivity index (χ1n) is 10.7. The van der Waals surface area contributed by atoms with Crippen LogP contribution >= 0.6 is 0 Å². The van der Waals surface area contributed by atoms with Crippen molar-refractivity contribution in [1.29, 1.82) is 5.26 Å². The number of alkyl halides is 3. The zero-order valence-corrected chi connectivity index (χ0v) is 18.0. The van der Waals surface area contributed by atoms with E-state index >= 15 is 0 Å². The Kier molecular flexibility index (Phi) is 6.13. The summed E-state index contributed by atoms with van der Waals surface area (Å²) in [5.74, 6) is -2.62. The third-order valence-corrected chi connectivity index (χ3v) is 6.07. The highest BCUT2D eigenvalue weighted by Crippen LogP contribution is 2.39. The Hall–Kier alpha value is -3.74. The number of aliphatic imine (C=N–C) groups is 1. The standard InChI is InChI=1S/C24H20F4N4O2/c25-19-9-8-17(12-18(19)24(26,27)28)30-20(33)14-32-22(34)21(16-6-4-15(13-29)5-7-16)31-23(32)10-2-1-3-11-23/h4-9,12H,1-3,10-11,14H2,(H,30,33). The smallest absolute Gasteiger partial charge is 0.325 e. The van der Waals surface area contributed by atoms with Crippen molar-refractivity contribution in [2.45, 2.75) is 43.9 Å². The van der Waals surface area contributed by atoms with Crippen LogP contribution in [0.2, 0.25) is 0 Å². The van der Waals surface area contributed by atoms with Crippen molar-refractivity contribution in [3.63, 3.8) is 0 Å². The van der Waals surface area contributed by atoms with Crippen LogP contribution in [-0.2, 0) is 15.8 Å². The molecule has 0 radical (unpaired) electrons. The molecule has 2 amide bonds. The minimum absolute atomic E-state index is 0.181. The molecule has 1 fully saturated rings. The first kappa shape index (κ1) is 23.4. The summed E-state index contributed by atoms with van der Waals surface area (Å²) in [4.78, 5) is 32.1. The predicted molar refractivity (Wildman–Crippen MR) is 115 cm³/mol. The molecule has 0 bridgehead atoms. The number of benzene rings is 2. The van der Waals surface area contributed by atoms with E-state index in [2.05, 4.69) is 5.32 Å². The average molecular weight is 472 g/mol. The number of nitrogens with zero attached hydrogens (tertiary/aromatic N) is 3. The van der Waals surface area contributed by atoms with Gasteiger partial charge in [0.2, 0.25) is 5.91 Å². The first-order valence-corrected chi connectivity index (χ1v) is 10.7. The second-order valence-corrected chi connectivity index (χ2v) is 8.32. The molecule has 6 nitrogen and oxygen atoms in total. The van der Waals surface area contributed by atoms with Gasteiger partial charge in [-0.2, -0.15) is 18.4 Å². The number of anilines is 1. The van der Waals surface area contributed by atoms with E-state index in [4.69, 9.17) is 10.3 Å². The fourth-order valence-corrected chi connectivity index (χ4v) is 4.41. The number of halogens is 4. The maximum absolute atomic E-state index is 13.6. The number of carbonyl (C=O) groups is 2. The molecular weight excluding hydrogens is 452 g/mol. The highest BCUT2D eigenvalue weighted by Gasteiger charge is 2.48. The van der Waals surface area contributed by atoms with E-state index in [0.717, 1.165) is 25.3 Å². The van der Waals surface area contributed by atoms with Crippen LogP contribution in [0.25, 0.3) is 0 Å². The van der Waals surface area contributed by atoms with Gasteiger partial charge in [0.15, 0.2) is 0 Å². The SMILES string of the molecule is N#Cc1ccc(C2=NC3(CCCCC3)N(CC(=O)Nc3ccc(F)c(C(F)(F)F)c3)C2=O)cc1. The quantitative estimate of drug-likeness (QED) is 0.658. The highest BCUT2D eigenvalue weighted by molar-refractivity contribution is 6.47. The molecule has 0 atom stereocenters. The molecule has 1 heterocycles. The molecule has 0 unspecified atom stereocenters. The number of nitrogens with one attached hydrogen (secondary N) is 1. The molecule has 0 aromatic heterocycles. The van der Waals surface area contributed by atoms with Gasteiger partial charge in [0.05, 0.1) is 17.2 Å². The zero-order valence-electron chi connectivity index (χ0n) is 18.0. The monoisotopic (exact) mass is 472 g/mol. The second kappa shape index (κ2) is 8.89. The summed E-state index contributed by atoms with van der Waals surface area (Å²) in [7, 11) is 0. The lowest BCUT2D eigenvalue weighted by atomic mass is 9.88. The van der Waals surface area contributed by atoms with E-state index in [-0.39, 0.29) is 11.4 Å². The molecule has 1 aliphatic heterocycles. The van der Waals surface area contributed by atoms with Gasteiger partial charge in [0, 0.05) is 11.3 Å². The lowest BCUT2D eigenvalue weighted by Crippen LogP contribution is -2.51. The Balaban J connectivity index is 1.57. The fourth-order valence-electron chi connectivity index (χ4n) is 4.41. The van der Waals surface area contributed by atoms with Gasteiger partial charge in [-0.05, 0) is 56.0 Å². The molecule has 10 heteroatoms. The lowest BCUT2D eigenvalue weighted by Gasteiger charge is -2.38. The zero-order chi connectivity index (χ0) is 24.5. The van der Waals surface area contributed by atoms with Crippen LogP contribution < -0.4 is 5.32 Å². The molecule has 2 aliphatic rings. The molecule has 2 aromatic rings. The van der Waals surface area contributed by atoms with E-state index < -0.39 is 41.6 Å². The van der Waals surface area contributed by atoms with Crippen molar-refractivity contribution in [2.24, 2.45) is 4.99 Å². The van der Waals surface area contributed by atoms with Crippen LogP contribution in [0.15, 0.2) is 47.5 Å². The third-order valence-electron chi connectivity index (χ3n) is 6.07. The molecule has 176 valence electrons. The molecule has 1 aliphatic carbocycles. The van der Waals surface area contributed by atoms with Crippen LogP contribution in [0.4, 0.5) is 23.2 Å². The minimum Gasteiger partial charge on any atom is -0.325 e. The van der Waals surface area contributed by atoms with E-state index in [1.54, 1.807) is 24.3 Å². The van der Waals surface area contributed by atoms with E-state index in [0.29, 0.717) is 36.1 Å². The summed E-state index contributed by atoms with van der Waals surface area (Å²) in [5, 5.41) is 11.3.